The predicted octanol–water partition coefficient (Wildman–Crippen LogP) is 14.3. The summed E-state index contributed by atoms with van der Waals surface area (Å²) in [6.45, 7) is 14.8. The number of carbonyl (C=O) groups excluding carboxylic acids is 1. The van der Waals surface area contributed by atoms with E-state index in [0.717, 1.165) is 80.5 Å². The largest absolute Gasteiger partial charge is 0.462 e. The van der Waals surface area contributed by atoms with E-state index in [4.69, 9.17) is 4.74 Å². The van der Waals surface area contributed by atoms with E-state index < -0.39 is 0 Å². The molecule has 49 heavy (non-hydrogen) atoms. The molecule has 0 radical (unpaired) electrons. The second-order valence-corrected chi connectivity index (χ2v) is 18.0. The molecule has 0 aliphatic heterocycles. The molecule has 8 atom stereocenters. The van der Waals surface area contributed by atoms with Gasteiger partial charge < -0.3 is 4.74 Å². The summed E-state index contributed by atoms with van der Waals surface area (Å²) in [4.78, 5) is 12.8. The Hall–Kier alpha value is -1.57. The number of hydrogen-bond acceptors (Lipinski definition) is 2. The summed E-state index contributed by atoms with van der Waals surface area (Å²) in [6.07, 6.45) is 44.6. The summed E-state index contributed by atoms with van der Waals surface area (Å²) in [5.41, 5.74) is 2.52. The van der Waals surface area contributed by atoms with Crippen molar-refractivity contribution in [3.05, 3.63) is 48.1 Å². The quantitative estimate of drug-likeness (QED) is 0.0688. The molecule has 0 N–H and O–H groups in total. The lowest BCUT2D eigenvalue weighted by atomic mass is 9.47. The summed E-state index contributed by atoms with van der Waals surface area (Å²) < 4.78 is 6.13. The molecule has 0 spiro atoms. The molecular formula is C47H78O2. The van der Waals surface area contributed by atoms with E-state index >= 15 is 0 Å². The molecule has 0 amide bonds. The smallest absolute Gasteiger partial charge is 0.306 e. The molecule has 0 bridgehead atoms. The van der Waals surface area contributed by atoms with Crippen LogP contribution in [0.25, 0.3) is 0 Å². The lowest BCUT2D eigenvalue weighted by Gasteiger charge is -2.58. The summed E-state index contributed by atoms with van der Waals surface area (Å²) in [6, 6.07) is 0. The van der Waals surface area contributed by atoms with Gasteiger partial charge >= 0.3 is 5.97 Å². The summed E-state index contributed by atoms with van der Waals surface area (Å²) in [7, 11) is 0. The second kappa shape index (κ2) is 20.5. The highest BCUT2D eigenvalue weighted by Crippen LogP contribution is 2.67. The zero-order valence-corrected chi connectivity index (χ0v) is 33.2. The zero-order chi connectivity index (χ0) is 35.1. The Kier molecular flexibility index (Phi) is 16.8. The van der Waals surface area contributed by atoms with Crippen LogP contribution in [0.5, 0.6) is 0 Å². The summed E-state index contributed by atoms with van der Waals surface area (Å²) in [5, 5.41) is 0. The minimum atomic E-state index is 0.0508. The molecule has 4 aliphatic carbocycles. The molecule has 0 aromatic carbocycles. The van der Waals surface area contributed by atoms with Crippen molar-refractivity contribution in [3.8, 4) is 0 Å². The van der Waals surface area contributed by atoms with Crippen LogP contribution >= 0.6 is 0 Å². The predicted molar refractivity (Wildman–Crippen MR) is 211 cm³/mol. The van der Waals surface area contributed by atoms with Crippen molar-refractivity contribution in [2.75, 3.05) is 0 Å². The second-order valence-electron chi connectivity index (χ2n) is 18.0. The van der Waals surface area contributed by atoms with Crippen LogP contribution in [0.15, 0.2) is 48.1 Å². The molecule has 2 heteroatoms. The molecule has 0 saturated heterocycles. The zero-order valence-electron chi connectivity index (χ0n) is 33.2. The molecule has 4 rings (SSSR count). The van der Waals surface area contributed by atoms with Crippen LogP contribution in [-0.4, -0.2) is 12.1 Å². The van der Waals surface area contributed by atoms with E-state index in [1.165, 1.54) is 96.3 Å². The topological polar surface area (TPSA) is 26.3 Å². The van der Waals surface area contributed by atoms with Gasteiger partial charge in [0.25, 0.3) is 0 Å². The van der Waals surface area contributed by atoms with Crippen molar-refractivity contribution in [1.82, 2.24) is 0 Å². The molecule has 3 saturated carbocycles. The van der Waals surface area contributed by atoms with Gasteiger partial charge in [-0.05, 0) is 130 Å². The summed E-state index contributed by atoms with van der Waals surface area (Å²) >= 11 is 0. The van der Waals surface area contributed by atoms with Gasteiger partial charge in [0, 0.05) is 12.8 Å². The number of fused-ring (bicyclic) bond motifs is 5. The van der Waals surface area contributed by atoms with Crippen molar-refractivity contribution < 1.29 is 9.53 Å². The molecular weight excluding hydrogens is 597 g/mol. The number of rotatable bonds is 21. The van der Waals surface area contributed by atoms with Gasteiger partial charge in [0.1, 0.15) is 6.10 Å². The maximum absolute atomic E-state index is 12.8. The lowest BCUT2D eigenvalue weighted by Crippen LogP contribution is -2.51. The van der Waals surface area contributed by atoms with Crippen LogP contribution in [0.2, 0.25) is 0 Å². The first kappa shape index (κ1) is 40.2. The Morgan fingerprint density at radius 1 is 0.796 bits per heavy atom. The Balaban J connectivity index is 1.09. The Labute approximate surface area is 304 Å². The standard InChI is InChI=1S/C47H78O2/c1-7-8-9-10-11-12-13-14-15-16-17-18-19-20-21-22-23-27-45(48)49-40-32-34-46(5)39(36-40)28-29-41-43-31-30-42(38(4)26-24-25-37(2)3)47(43,6)35-33-44(41)46/h8-9,11-12,14-15,28,37-38,40-44H,7,10,13,16-27,29-36H2,1-6H3/b9-8-,12-11-,15-14-. The third-order valence-corrected chi connectivity index (χ3v) is 14.1. The van der Waals surface area contributed by atoms with Crippen LogP contribution in [0, 0.1) is 46.3 Å². The maximum atomic E-state index is 12.8. The van der Waals surface area contributed by atoms with Gasteiger partial charge in [0.15, 0.2) is 0 Å². The highest BCUT2D eigenvalue weighted by atomic mass is 16.5. The van der Waals surface area contributed by atoms with Crippen LogP contribution in [0.4, 0.5) is 0 Å². The Morgan fingerprint density at radius 2 is 1.49 bits per heavy atom. The summed E-state index contributed by atoms with van der Waals surface area (Å²) in [5.74, 6) is 5.29. The third-order valence-electron chi connectivity index (χ3n) is 14.1. The average molecular weight is 675 g/mol. The van der Waals surface area contributed by atoms with Gasteiger partial charge in [0.2, 0.25) is 0 Å². The van der Waals surface area contributed by atoms with Gasteiger partial charge in [-0.15, -0.1) is 0 Å². The van der Waals surface area contributed by atoms with E-state index in [0.29, 0.717) is 17.3 Å². The average Bonchev–Trinajstić information content (AvgIpc) is 3.43. The molecule has 278 valence electrons. The van der Waals surface area contributed by atoms with E-state index in [1.807, 2.05) is 0 Å². The SMILES string of the molecule is CC/C=C\C/C=C\C/C=C\CCCCCCCCCC(=O)OC1CCC2(C)C(=CCC3C2CCC2(C)C(C(C)CCCC(C)C)CCC32)C1. The van der Waals surface area contributed by atoms with Crippen molar-refractivity contribution >= 4 is 5.97 Å². The number of allylic oxidation sites excluding steroid dienone is 7. The fraction of sp³-hybridized carbons (Fsp3) is 0.809. The van der Waals surface area contributed by atoms with Crippen LogP contribution in [0.1, 0.15) is 189 Å². The molecule has 2 nitrogen and oxygen atoms in total. The van der Waals surface area contributed by atoms with Crippen molar-refractivity contribution in [1.29, 1.82) is 0 Å². The molecule has 4 aliphatic rings. The first-order chi connectivity index (χ1) is 23.7. The van der Waals surface area contributed by atoms with Gasteiger partial charge in [-0.2, -0.15) is 0 Å². The van der Waals surface area contributed by atoms with Crippen molar-refractivity contribution in [3.63, 3.8) is 0 Å². The van der Waals surface area contributed by atoms with Crippen molar-refractivity contribution in [2.24, 2.45) is 46.3 Å². The van der Waals surface area contributed by atoms with E-state index in [2.05, 4.69) is 84.1 Å². The molecule has 0 aromatic heterocycles. The minimum absolute atomic E-state index is 0.0508. The first-order valence-electron chi connectivity index (χ1n) is 21.5. The van der Waals surface area contributed by atoms with E-state index in [9.17, 15) is 4.79 Å². The fourth-order valence-corrected chi connectivity index (χ4v) is 11.2. The molecule has 0 heterocycles. The monoisotopic (exact) mass is 675 g/mol. The van der Waals surface area contributed by atoms with E-state index in [1.54, 1.807) is 5.57 Å². The third kappa shape index (κ3) is 11.5. The highest BCUT2D eigenvalue weighted by molar-refractivity contribution is 5.69. The van der Waals surface area contributed by atoms with Gasteiger partial charge in [-0.25, -0.2) is 0 Å². The highest BCUT2D eigenvalue weighted by Gasteiger charge is 2.59. The molecule has 0 aromatic rings. The molecule has 3 fully saturated rings. The molecule has 8 unspecified atom stereocenters. The number of unbranched alkanes of at least 4 members (excludes halogenated alkanes) is 7. The van der Waals surface area contributed by atoms with Gasteiger partial charge in [0.05, 0.1) is 0 Å². The number of esters is 1. The minimum Gasteiger partial charge on any atom is -0.462 e. The van der Waals surface area contributed by atoms with Gasteiger partial charge in [-0.3, -0.25) is 4.79 Å². The first-order valence-corrected chi connectivity index (χ1v) is 21.5. The van der Waals surface area contributed by atoms with Gasteiger partial charge in [-0.1, -0.05) is 141 Å². The maximum Gasteiger partial charge on any atom is 0.306 e. The number of ether oxygens (including phenoxy) is 1. The van der Waals surface area contributed by atoms with E-state index in [-0.39, 0.29) is 12.1 Å². The Bertz CT molecular complexity index is 1090. The fourth-order valence-electron chi connectivity index (χ4n) is 11.2. The van der Waals surface area contributed by atoms with Crippen LogP contribution in [-0.2, 0) is 9.53 Å². The van der Waals surface area contributed by atoms with Crippen LogP contribution < -0.4 is 0 Å². The lowest BCUT2D eigenvalue weighted by molar-refractivity contribution is -0.151. The van der Waals surface area contributed by atoms with Crippen LogP contribution in [0.3, 0.4) is 0 Å². The Morgan fingerprint density at radius 3 is 2.22 bits per heavy atom. The number of hydrogen-bond donors (Lipinski definition) is 0. The normalized spacial score (nSPS) is 32.1. The number of carbonyl (C=O) groups is 1. The van der Waals surface area contributed by atoms with Crippen molar-refractivity contribution in [2.45, 2.75) is 195 Å².